The minimum atomic E-state index is -0.552. The fourth-order valence-corrected chi connectivity index (χ4v) is 2.21. The van der Waals surface area contributed by atoms with Gasteiger partial charge in [-0.15, -0.1) is 0 Å². The fourth-order valence-electron chi connectivity index (χ4n) is 2.21. The molecule has 0 aromatic heterocycles. The molecule has 1 amide bonds. The summed E-state index contributed by atoms with van der Waals surface area (Å²) < 4.78 is 5.55. The molecule has 1 atom stereocenters. The molecule has 0 bridgehead atoms. The summed E-state index contributed by atoms with van der Waals surface area (Å²) in [4.78, 5) is 24.1. The first-order chi connectivity index (χ1) is 9.61. The average Bonchev–Trinajstić information content (AvgIpc) is 2.58. The number of fused-ring (bicyclic) bond motifs is 1. The van der Waals surface area contributed by atoms with Gasteiger partial charge in [-0.2, -0.15) is 0 Å². The Morgan fingerprint density at radius 2 is 2.30 bits per heavy atom. The number of aliphatic hydroxyl groups excluding tert-OH is 1. The van der Waals surface area contributed by atoms with Gasteiger partial charge < -0.3 is 15.2 Å². The Kier molecular flexibility index (Phi) is 4.74. The van der Waals surface area contributed by atoms with E-state index in [4.69, 9.17) is 9.84 Å². The molecule has 5 heteroatoms. The number of aliphatic hydroxyl groups is 1. The first-order valence-corrected chi connectivity index (χ1v) is 6.79. The molecule has 0 saturated heterocycles. The number of rotatable bonds is 4. The summed E-state index contributed by atoms with van der Waals surface area (Å²) in [5.41, 5.74) is 1.50. The third-order valence-electron chi connectivity index (χ3n) is 3.28. The molecule has 1 heterocycles. The highest BCUT2D eigenvalue weighted by molar-refractivity contribution is 6.04. The average molecular weight is 277 g/mol. The molecule has 5 nitrogen and oxygen atoms in total. The predicted octanol–water partition coefficient (Wildman–Crippen LogP) is 1.22. The summed E-state index contributed by atoms with van der Waals surface area (Å²) in [6.45, 7) is 2.28. The standard InChI is InChI=1S/C15H19NO4/c1-10-4-5-13-11(9-10)15(19)12(6-8-20-13)16-14(18)3-2-7-17/h4-5,9,12,17H,2-3,6-8H2,1H3,(H,16,18). The van der Waals surface area contributed by atoms with Crippen molar-refractivity contribution in [2.45, 2.75) is 32.2 Å². The zero-order chi connectivity index (χ0) is 14.5. The van der Waals surface area contributed by atoms with Crippen molar-refractivity contribution in [1.29, 1.82) is 0 Å². The lowest BCUT2D eigenvalue weighted by Gasteiger charge is -2.14. The monoisotopic (exact) mass is 277 g/mol. The Labute approximate surface area is 117 Å². The first kappa shape index (κ1) is 14.5. The predicted molar refractivity (Wildman–Crippen MR) is 73.9 cm³/mol. The van der Waals surface area contributed by atoms with Crippen molar-refractivity contribution in [1.82, 2.24) is 5.32 Å². The maximum atomic E-state index is 12.5. The van der Waals surface area contributed by atoms with Crippen molar-refractivity contribution in [3.8, 4) is 5.75 Å². The van der Waals surface area contributed by atoms with Gasteiger partial charge in [-0.25, -0.2) is 0 Å². The zero-order valence-electron chi connectivity index (χ0n) is 11.5. The van der Waals surface area contributed by atoms with Crippen LogP contribution in [0.15, 0.2) is 18.2 Å². The Bertz CT molecular complexity index is 513. The Morgan fingerprint density at radius 3 is 3.05 bits per heavy atom. The lowest BCUT2D eigenvalue weighted by Crippen LogP contribution is -2.40. The van der Waals surface area contributed by atoms with E-state index in [0.29, 0.717) is 30.8 Å². The van der Waals surface area contributed by atoms with E-state index < -0.39 is 6.04 Å². The molecule has 0 fully saturated rings. The maximum absolute atomic E-state index is 12.5. The molecule has 1 aromatic rings. The van der Waals surface area contributed by atoms with Gasteiger partial charge in [0.25, 0.3) is 0 Å². The van der Waals surface area contributed by atoms with Crippen LogP contribution in [-0.4, -0.2) is 36.1 Å². The second kappa shape index (κ2) is 6.52. The Morgan fingerprint density at radius 1 is 1.50 bits per heavy atom. The van der Waals surface area contributed by atoms with Crippen LogP contribution in [0.5, 0.6) is 5.75 Å². The second-order valence-electron chi connectivity index (χ2n) is 4.95. The van der Waals surface area contributed by atoms with Gasteiger partial charge in [0.05, 0.1) is 18.2 Å². The molecule has 1 unspecified atom stereocenters. The molecule has 0 saturated carbocycles. The summed E-state index contributed by atoms with van der Waals surface area (Å²) in [6.07, 6.45) is 1.08. The van der Waals surface area contributed by atoms with Gasteiger partial charge in [-0.05, 0) is 25.5 Å². The van der Waals surface area contributed by atoms with Crippen molar-refractivity contribution < 1.29 is 19.4 Å². The Hall–Kier alpha value is -1.88. The molecule has 2 N–H and O–H groups in total. The first-order valence-electron chi connectivity index (χ1n) is 6.79. The number of hydrogen-bond acceptors (Lipinski definition) is 4. The van der Waals surface area contributed by atoms with Crippen molar-refractivity contribution in [2.24, 2.45) is 0 Å². The number of Topliss-reactive ketones (excluding diaryl/α,β-unsaturated/α-hetero) is 1. The van der Waals surface area contributed by atoms with E-state index in [1.165, 1.54) is 0 Å². The van der Waals surface area contributed by atoms with Crippen molar-refractivity contribution in [2.75, 3.05) is 13.2 Å². The molecular weight excluding hydrogens is 258 g/mol. The number of ketones is 1. The lowest BCUT2D eigenvalue weighted by atomic mass is 10.00. The summed E-state index contributed by atoms with van der Waals surface area (Å²) in [7, 11) is 0. The summed E-state index contributed by atoms with van der Waals surface area (Å²) in [5.74, 6) is 0.250. The lowest BCUT2D eigenvalue weighted by molar-refractivity contribution is -0.121. The van der Waals surface area contributed by atoms with Crippen molar-refractivity contribution in [3.05, 3.63) is 29.3 Å². The van der Waals surface area contributed by atoms with Gasteiger partial charge >= 0.3 is 0 Å². The highest BCUT2D eigenvalue weighted by Crippen LogP contribution is 2.25. The van der Waals surface area contributed by atoms with Crippen LogP contribution in [-0.2, 0) is 4.79 Å². The molecule has 1 aliphatic rings. The van der Waals surface area contributed by atoms with Crippen LogP contribution in [0.2, 0.25) is 0 Å². The van der Waals surface area contributed by atoms with Crippen LogP contribution in [0.25, 0.3) is 0 Å². The SMILES string of the molecule is Cc1ccc2c(c1)C(=O)C(NC(=O)CCCO)CCO2. The summed E-state index contributed by atoms with van der Waals surface area (Å²) >= 11 is 0. The third kappa shape index (κ3) is 3.36. The number of amides is 1. The minimum Gasteiger partial charge on any atom is -0.493 e. The van der Waals surface area contributed by atoms with Crippen LogP contribution in [0.3, 0.4) is 0 Å². The molecule has 2 rings (SSSR count). The molecule has 0 aliphatic carbocycles. The number of nitrogens with one attached hydrogen (secondary N) is 1. The largest absolute Gasteiger partial charge is 0.493 e. The van der Waals surface area contributed by atoms with Gasteiger partial charge in [0, 0.05) is 19.4 Å². The normalized spacial score (nSPS) is 17.9. The molecule has 20 heavy (non-hydrogen) atoms. The number of aryl methyl sites for hydroxylation is 1. The van der Waals surface area contributed by atoms with E-state index >= 15 is 0 Å². The van der Waals surface area contributed by atoms with E-state index in [2.05, 4.69) is 5.32 Å². The maximum Gasteiger partial charge on any atom is 0.220 e. The number of hydrogen-bond donors (Lipinski definition) is 2. The van der Waals surface area contributed by atoms with E-state index in [9.17, 15) is 9.59 Å². The van der Waals surface area contributed by atoms with Crippen molar-refractivity contribution in [3.63, 3.8) is 0 Å². The molecule has 0 radical (unpaired) electrons. The molecule has 108 valence electrons. The van der Waals surface area contributed by atoms with E-state index in [1.807, 2.05) is 13.0 Å². The van der Waals surface area contributed by atoms with E-state index in [0.717, 1.165) is 5.56 Å². The van der Waals surface area contributed by atoms with Gasteiger partial charge in [-0.3, -0.25) is 9.59 Å². The fraction of sp³-hybridized carbons (Fsp3) is 0.467. The smallest absolute Gasteiger partial charge is 0.220 e. The van der Waals surface area contributed by atoms with Crippen LogP contribution in [0.4, 0.5) is 0 Å². The van der Waals surface area contributed by atoms with E-state index in [1.54, 1.807) is 12.1 Å². The van der Waals surface area contributed by atoms with Crippen LogP contribution in [0, 0.1) is 6.92 Å². The van der Waals surface area contributed by atoms with Crippen LogP contribution >= 0.6 is 0 Å². The number of benzene rings is 1. The van der Waals surface area contributed by atoms with E-state index in [-0.39, 0.29) is 24.7 Å². The molecular formula is C15H19NO4. The molecule has 1 aliphatic heterocycles. The number of carbonyl (C=O) groups excluding carboxylic acids is 2. The second-order valence-corrected chi connectivity index (χ2v) is 4.95. The summed E-state index contributed by atoms with van der Waals surface area (Å²) in [6, 6.07) is 4.92. The topological polar surface area (TPSA) is 75.6 Å². The summed E-state index contributed by atoms with van der Waals surface area (Å²) in [5, 5.41) is 11.4. The van der Waals surface area contributed by atoms with Gasteiger partial charge in [-0.1, -0.05) is 11.6 Å². The Balaban J connectivity index is 2.12. The zero-order valence-corrected chi connectivity index (χ0v) is 11.5. The number of carbonyl (C=O) groups is 2. The highest BCUT2D eigenvalue weighted by Gasteiger charge is 2.27. The number of ether oxygens (including phenoxy) is 1. The minimum absolute atomic E-state index is 0.0306. The molecule has 1 aromatic carbocycles. The van der Waals surface area contributed by atoms with Crippen molar-refractivity contribution >= 4 is 11.7 Å². The van der Waals surface area contributed by atoms with Crippen LogP contribution in [0.1, 0.15) is 35.2 Å². The van der Waals surface area contributed by atoms with Gasteiger partial charge in [0.1, 0.15) is 5.75 Å². The van der Waals surface area contributed by atoms with Gasteiger partial charge in [0.2, 0.25) is 5.91 Å². The van der Waals surface area contributed by atoms with Crippen LogP contribution < -0.4 is 10.1 Å². The third-order valence-corrected chi connectivity index (χ3v) is 3.28. The van der Waals surface area contributed by atoms with Gasteiger partial charge in [0.15, 0.2) is 5.78 Å². The molecule has 0 spiro atoms. The highest BCUT2D eigenvalue weighted by atomic mass is 16.5. The quantitative estimate of drug-likeness (QED) is 0.867.